The third kappa shape index (κ3) is 2.10. The lowest BCUT2D eigenvalue weighted by Gasteiger charge is -2.35. The maximum Gasteiger partial charge on any atom is 0.199 e. The van der Waals surface area contributed by atoms with Crippen molar-refractivity contribution in [3.63, 3.8) is 0 Å². The van der Waals surface area contributed by atoms with E-state index in [0.717, 1.165) is 31.2 Å². The molecule has 2 aliphatic rings. The van der Waals surface area contributed by atoms with Crippen molar-refractivity contribution in [3.8, 4) is 0 Å². The highest BCUT2D eigenvalue weighted by Crippen LogP contribution is 2.19. The molecule has 0 aliphatic carbocycles. The van der Waals surface area contributed by atoms with Crippen molar-refractivity contribution in [2.24, 2.45) is 4.99 Å². The van der Waals surface area contributed by atoms with Gasteiger partial charge in [0, 0.05) is 36.7 Å². The van der Waals surface area contributed by atoms with E-state index in [4.69, 9.17) is 4.99 Å². The Balaban J connectivity index is 1.84. The summed E-state index contributed by atoms with van der Waals surface area (Å²) in [5, 5.41) is 3.45. The van der Waals surface area contributed by atoms with Gasteiger partial charge in [0.05, 0.1) is 6.04 Å². The van der Waals surface area contributed by atoms with Gasteiger partial charge in [-0.15, -0.1) is 0 Å². The van der Waals surface area contributed by atoms with Gasteiger partial charge in [-0.25, -0.2) is 4.99 Å². The van der Waals surface area contributed by atoms with Crippen LogP contribution in [-0.2, 0) is 0 Å². The van der Waals surface area contributed by atoms with E-state index in [9.17, 15) is 0 Å². The maximum atomic E-state index is 4.77. The Morgan fingerprint density at radius 3 is 3.00 bits per heavy atom. The van der Waals surface area contributed by atoms with Crippen LogP contribution in [-0.4, -0.2) is 35.0 Å². The lowest BCUT2D eigenvalue weighted by molar-refractivity contribution is 0.373. The molecule has 0 fully saturated rings. The Morgan fingerprint density at radius 2 is 2.22 bits per heavy atom. The Morgan fingerprint density at radius 1 is 1.39 bits per heavy atom. The van der Waals surface area contributed by atoms with Crippen molar-refractivity contribution in [1.82, 2.24) is 15.2 Å². The molecule has 1 atom stereocenters. The normalized spacial score (nSPS) is 22.7. The average molecular weight is 242 g/mol. The number of pyridine rings is 1. The number of nitrogens with zero attached hydrogens (tertiary/aromatic N) is 3. The SMILES string of the molecule is CCC1CCN2CC=C(c3ccncc3)NC2=N1. The molecule has 3 rings (SSSR count). The molecule has 4 heteroatoms. The molecule has 0 spiro atoms. The van der Waals surface area contributed by atoms with Gasteiger partial charge in [0.15, 0.2) is 5.96 Å². The summed E-state index contributed by atoms with van der Waals surface area (Å²) in [5.74, 6) is 1.03. The Kier molecular flexibility index (Phi) is 3.00. The fourth-order valence-corrected chi connectivity index (χ4v) is 2.41. The van der Waals surface area contributed by atoms with Crippen LogP contribution >= 0.6 is 0 Å². The summed E-state index contributed by atoms with van der Waals surface area (Å²) in [5.41, 5.74) is 2.31. The molecule has 2 aliphatic heterocycles. The molecule has 0 saturated carbocycles. The second-order valence-corrected chi connectivity index (χ2v) is 4.73. The fourth-order valence-electron chi connectivity index (χ4n) is 2.41. The average Bonchev–Trinajstić information content (AvgIpc) is 2.47. The molecule has 1 unspecified atom stereocenters. The molecule has 1 aromatic rings. The zero-order valence-corrected chi connectivity index (χ0v) is 10.6. The van der Waals surface area contributed by atoms with Crippen molar-refractivity contribution in [1.29, 1.82) is 0 Å². The highest BCUT2D eigenvalue weighted by atomic mass is 15.3. The van der Waals surface area contributed by atoms with Gasteiger partial charge < -0.3 is 10.2 Å². The van der Waals surface area contributed by atoms with Crippen LogP contribution < -0.4 is 5.32 Å². The van der Waals surface area contributed by atoms with Crippen LogP contribution in [0.4, 0.5) is 0 Å². The number of hydrogen-bond acceptors (Lipinski definition) is 4. The zero-order chi connectivity index (χ0) is 12.4. The van der Waals surface area contributed by atoms with Gasteiger partial charge >= 0.3 is 0 Å². The smallest absolute Gasteiger partial charge is 0.199 e. The molecule has 18 heavy (non-hydrogen) atoms. The molecule has 1 N–H and O–H groups in total. The molecule has 0 aromatic carbocycles. The summed E-state index contributed by atoms with van der Waals surface area (Å²) in [6.07, 6.45) is 8.15. The largest absolute Gasteiger partial charge is 0.339 e. The maximum absolute atomic E-state index is 4.77. The molecule has 4 nitrogen and oxygen atoms in total. The lowest BCUT2D eigenvalue weighted by atomic mass is 10.1. The summed E-state index contributed by atoms with van der Waals surface area (Å²) >= 11 is 0. The van der Waals surface area contributed by atoms with Gasteiger partial charge in [0.1, 0.15) is 0 Å². The standard InChI is InChI=1S/C14H18N4/c1-2-12-5-9-18-10-6-13(17-14(18)16-12)11-3-7-15-8-4-11/h3-4,6-8,12H,2,5,9-10H2,1H3,(H,16,17). The summed E-state index contributed by atoms with van der Waals surface area (Å²) in [6, 6.07) is 4.52. The zero-order valence-electron chi connectivity index (χ0n) is 10.6. The molecule has 0 bridgehead atoms. The summed E-state index contributed by atoms with van der Waals surface area (Å²) in [6.45, 7) is 4.25. The first kappa shape index (κ1) is 11.3. The molecule has 0 saturated heterocycles. The van der Waals surface area contributed by atoms with Crippen molar-refractivity contribution in [3.05, 3.63) is 36.2 Å². The second kappa shape index (κ2) is 4.80. The van der Waals surface area contributed by atoms with Gasteiger partial charge in [-0.1, -0.05) is 6.92 Å². The van der Waals surface area contributed by atoms with E-state index in [1.807, 2.05) is 24.5 Å². The van der Waals surface area contributed by atoms with Crippen molar-refractivity contribution in [2.45, 2.75) is 25.8 Å². The van der Waals surface area contributed by atoms with E-state index in [1.165, 1.54) is 12.0 Å². The summed E-state index contributed by atoms with van der Waals surface area (Å²) in [7, 11) is 0. The number of hydrogen-bond donors (Lipinski definition) is 1. The van der Waals surface area contributed by atoms with Gasteiger partial charge in [-0.3, -0.25) is 4.98 Å². The predicted molar refractivity (Wildman–Crippen MR) is 73.1 cm³/mol. The quantitative estimate of drug-likeness (QED) is 0.860. The highest BCUT2D eigenvalue weighted by molar-refractivity contribution is 5.91. The molecular formula is C14H18N4. The topological polar surface area (TPSA) is 40.5 Å². The first-order valence-electron chi connectivity index (χ1n) is 6.57. The summed E-state index contributed by atoms with van der Waals surface area (Å²) in [4.78, 5) is 11.1. The van der Waals surface area contributed by atoms with Crippen molar-refractivity contribution >= 4 is 11.7 Å². The van der Waals surface area contributed by atoms with Gasteiger partial charge in [-0.05, 0) is 31.1 Å². The number of guanidine groups is 1. The minimum Gasteiger partial charge on any atom is -0.339 e. The van der Waals surface area contributed by atoms with E-state index in [0.29, 0.717) is 6.04 Å². The van der Waals surface area contributed by atoms with Gasteiger partial charge in [0.25, 0.3) is 0 Å². The Hall–Kier alpha value is -1.84. The van der Waals surface area contributed by atoms with Crippen LogP contribution in [0.15, 0.2) is 35.6 Å². The Bertz CT molecular complexity index is 478. The minimum atomic E-state index is 0.473. The van der Waals surface area contributed by atoms with Gasteiger partial charge in [-0.2, -0.15) is 0 Å². The molecule has 0 amide bonds. The van der Waals surface area contributed by atoms with E-state index >= 15 is 0 Å². The van der Waals surface area contributed by atoms with Crippen LogP contribution in [0, 0.1) is 0 Å². The Labute approximate surface area is 107 Å². The monoisotopic (exact) mass is 242 g/mol. The van der Waals surface area contributed by atoms with Crippen LogP contribution in [0.2, 0.25) is 0 Å². The minimum absolute atomic E-state index is 0.473. The third-order valence-electron chi connectivity index (χ3n) is 3.56. The van der Waals surface area contributed by atoms with Crippen molar-refractivity contribution in [2.75, 3.05) is 13.1 Å². The molecular weight excluding hydrogens is 224 g/mol. The van der Waals surface area contributed by atoms with E-state index < -0.39 is 0 Å². The second-order valence-electron chi connectivity index (χ2n) is 4.73. The van der Waals surface area contributed by atoms with E-state index in [-0.39, 0.29) is 0 Å². The number of fused-ring (bicyclic) bond motifs is 1. The first-order chi connectivity index (χ1) is 8.86. The third-order valence-corrected chi connectivity index (χ3v) is 3.56. The molecule has 1 aromatic heterocycles. The predicted octanol–water partition coefficient (Wildman–Crippen LogP) is 1.87. The van der Waals surface area contributed by atoms with Crippen LogP contribution in [0.1, 0.15) is 25.3 Å². The highest BCUT2D eigenvalue weighted by Gasteiger charge is 2.23. The number of aromatic nitrogens is 1. The first-order valence-corrected chi connectivity index (χ1v) is 6.57. The lowest BCUT2D eigenvalue weighted by Crippen LogP contribution is -2.48. The number of nitrogens with one attached hydrogen (secondary N) is 1. The van der Waals surface area contributed by atoms with E-state index in [2.05, 4.69) is 28.2 Å². The number of rotatable bonds is 2. The van der Waals surface area contributed by atoms with E-state index in [1.54, 1.807) is 0 Å². The van der Waals surface area contributed by atoms with Crippen LogP contribution in [0.25, 0.3) is 5.70 Å². The van der Waals surface area contributed by atoms with Crippen LogP contribution in [0.5, 0.6) is 0 Å². The molecule has 0 radical (unpaired) electrons. The molecule has 94 valence electrons. The van der Waals surface area contributed by atoms with Crippen molar-refractivity contribution < 1.29 is 0 Å². The fraction of sp³-hybridized carbons (Fsp3) is 0.429. The van der Waals surface area contributed by atoms with Crippen LogP contribution in [0.3, 0.4) is 0 Å². The van der Waals surface area contributed by atoms with Gasteiger partial charge in [0.2, 0.25) is 0 Å². The summed E-state index contributed by atoms with van der Waals surface area (Å²) < 4.78 is 0. The molecule has 3 heterocycles. The number of aliphatic imine (C=N–C) groups is 1.